The molecule has 1 unspecified atom stereocenters. The molecule has 0 aliphatic carbocycles. The first-order valence-corrected chi connectivity index (χ1v) is 6.85. The van der Waals surface area contributed by atoms with Crippen molar-refractivity contribution in [1.29, 1.82) is 0 Å². The molecule has 1 saturated heterocycles. The third-order valence-electron chi connectivity index (χ3n) is 3.49. The fraction of sp³-hybridized carbons (Fsp3) is 0.923. The zero-order valence-corrected chi connectivity index (χ0v) is 11.8. The third kappa shape index (κ3) is 4.92. The van der Waals surface area contributed by atoms with E-state index in [-0.39, 0.29) is 0 Å². The molecule has 106 valence electrons. The molecule has 0 bridgehead atoms. The second-order valence-electron chi connectivity index (χ2n) is 5.04. The Morgan fingerprint density at radius 1 is 1.28 bits per heavy atom. The van der Waals surface area contributed by atoms with Crippen molar-refractivity contribution in [3.8, 4) is 0 Å². The van der Waals surface area contributed by atoms with E-state index in [4.69, 9.17) is 9.84 Å². The van der Waals surface area contributed by atoms with Crippen molar-refractivity contribution in [2.75, 3.05) is 39.3 Å². The van der Waals surface area contributed by atoms with Crippen molar-refractivity contribution < 1.29 is 14.6 Å². The predicted octanol–water partition coefficient (Wildman–Crippen LogP) is 0.892. The van der Waals surface area contributed by atoms with Gasteiger partial charge in [0.05, 0.1) is 0 Å². The molecule has 5 nitrogen and oxygen atoms in total. The second kappa shape index (κ2) is 7.71. The molecular formula is C13H26N2O3. The molecule has 1 aliphatic rings. The zero-order valence-electron chi connectivity index (χ0n) is 11.8. The smallest absolute Gasteiger partial charge is 0.332 e. The highest BCUT2D eigenvalue weighted by Gasteiger charge is 2.22. The minimum atomic E-state index is -0.849. The monoisotopic (exact) mass is 258 g/mol. The van der Waals surface area contributed by atoms with Gasteiger partial charge in [0.2, 0.25) is 0 Å². The van der Waals surface area contributed by atoms with Crippen LogP contribution in [0.4, 0.5) is 0 Å². The standard InChI is InChI=1S/C13H26N2O3/c1-4-18-12(13(16)17)5-6-14-7-9-15(10-8-14)11(2)3/h11-12H,4-10H2,1-3H3,(H,16,17). The maximum absolute atomic E-state index is 11.0. The van der Waals surface area contributed by atoms with Crippen LogP contribution in [0, 0.1) is 0 Å². The lowest BCUT2D eigenvalue weighted by Crippen LogP contribution is -2.49. The van der Waals surface area contributed by atoms with Crippen LogP contribution in [0.2, 0.25) is 0 Å². The van der Waals surface area contributed by atoms with Gasteiger partial charge in [0.15, 0.2) is 6.10 Å². The predicted molar refractivity (Wildman–Crippen MR) is 70.8 cm³/mol. The third-order valence-corrected chi connectivity index (χ3v) is 3.49. The second-order valence-corrected chi connectivity index (χ2v) is 5.04. The molecule has 1 N–H and O–H groups in total. The van der Waals surface area contributed by atoms with Crippen LogP contribution in [0.25, 0.3) is 0 Å². The number of nitrogens with zero attached hydrogens (tertiary/aromatic N) is 2. The first kappa shape index (κ1) is 15.4. The van der Waals surface area contributed by atoms with Gasteiger partial charge in [0.25, 0.3) is 0 Å². The van der Waals surface area contributed by atoms with Crippen molar-refractivity contribution in [2.45, 2.75) is 39.3 Å². The average molecular weight is 258 g/mol. The van der Waals surface area contributed by atoms with Crippen molar-refractivity contribution in [2.24, 2.45) is 0 Å². The van der Waals surface area contributed by atoms with Crippen molar-refractivity contribution >= 4 is 5.97 Å². The Morgan fingerprint density at radius 2 is 1.89 bits per heavy atom. The van der Waals surface area contributed by atoms with Gasteiger partial charge in [-0.05, 0) is 27.2 Å². The highest BCUT2D eigenvalue weighted by atomic mass is 16.5. The summed E-state index contributed by atoms with van der Waals surface area (Å²) in [6.07, 6.45) is -0.0803. The summed E-state index contributed by atoms with van der Waals surface area (Å²) in [6, 6.07) is 0.599. The van der Waals surface area contributed by atoms with Crippen molar-refractivity contribution in [3.63, 3.8) is 0 Å². The number of rotatable bonds is 7. The van der Waals surface area contributed by atoms with Gasteiger partial charge in [-0.2, -0.15) is 0 Å². The van der Waals surface area contributed by atoms with E-state index in [0.29, 0.717) is 19.1 Å². The quantitative estimate of drug-likeness (QED) is 0.735. The Balaban J connectivity index is 2.26. The summed E-state index contributed by atoms with van der Waals surface area (Å²) >= 11 is 0. The average Bonchev–Trinajstić information content (AvgIpc) is 2.34. The topological polar surface area (TPSA) is 53.0 Å². The summed E-state index contributed by atoms with van der Waals surface area (Å²) in [7, 11) is 0. The van der Waals surface area contributed by atoms with Crippen LogP contribution in [0.3, 0.4) is 0 Å². The van der Waals surface area contributed by atoms with E-state index in [2.05, 4.69) is 23.6 Å². The van der Waals surface area contributed by atoms with Crippen LogP contribution in [0.5, 0.6) is 0 Å². The number of piperazine rings is 1. The number of carbonyl (C=O) groups is 1. The van der Waals surface area contributed by atoms with E-state index >= 15 is 0 Å². The van der Waals surface area contributed by atoms with Gasteiger partial charge in [-0.1, -0.05) is 0 Å². The van der Waals surface area contributed by atoms with Crippen LogP contribution >= 0.6 is 0 Å². The van der Waals surface area contributed by atoms with Crippen LogP contribution in [0.15, 0.2) is 0 Å². The van der Waals surface area contributed by atoms with Crippen LogP contribution in [-0.4, -0.2) is 72.4 Å². The Bertz CT molecular complexity index is 251. The molecule has 0 aromatic heterocycles. The first-order chi connectivity index (χ1) is 8.54. The molecule has 1 fully saturated rings. The fourth-order valence-corrected chi connectivity index (χ4v) is 2.28. The number of hydrogen-bond donors (Lipinski definition) is 1. The Morgan fingerprint density at radius 3 is 2.33 bits per heavy atom. The molecule has 5 heteroatoms. The van der Waals surface area contributed by atoms with Crippen molar-refractivity contribution in [1.82, 2.24) is 9.80 Å². The normalized spacial score (nSPS) is 20.2. The minimum Gasteiger partial charge on any atom is -0.479 e. The molecule has 0 aromatic carbocycles. The first-order valence-electron chi connectivity index (χ1n) is 6.85. The number of carboxylic acids is 1. The highest BCUT2D eigenvalue weighted by molar-refractivity contribution is 5.72. The molecule has 1 aliphatic heterocycles. The van der Waals surface area contributed by atoms with Crippen LogP contribution in [0.1, 0.15) is 27.2 Å². The SMILES string of the molecule is CCOC(CCN1CCN(C(C)C)CC1)C(=O)O. The van der Waals surface area contributed by atoms with Crippen LogP contribution in [-0.2, 0) is 9.53 Å². The number of aliphatic carboxylic acids is 1. The Labute approximate surface area is 110 Å². The molecule has 1 heterocycles. The molecule has 0 amide bonds. The fourth-order valence-electron chi connectivity index (χ4n) is 2.28. The minimum absolute atomic E-state index is 0.456. The van der Waals surface area contributed by atoms with Gasteiger partial charge in [0, 0.05) is 45.4 Å². The molecular weight excluding hydrogens is 232 g/mol. The van der Waals surface area contributed by atoms with E-state index < -0.39 is 12.1 Å². The lowest BCUT2D eigenvalue weighted by molar-refractivity contribution is -0.150. The molecule has 0 saturated carbocycles. The summed E-state index contributed by atoms with van der Waals surface area (Å²) in [5.41, 5.74) is 0. The maximum Gasteiger partial charge on any atom is 0.332 e. The summed E-state index contributed by atoms with van der Waals surface area (Å²) in [4.78, 5) is 15.7. The van der Waals surface area contributed by atoms with Crippen LogP contribution < -0.4 is 0 Å². The summed E-state index contributed by atoms with van der Waals surface area (Å²) in [6.45, 7) is 11.7. The van der Waals surface area contributed by atoms with E-state index in [0.717, 1.165) is 32.7 Å². The van der Waals surface area contributed by atoms with Gasteiger partial charge >= 0.3 is 5.97 Å². The zero-order chi connectivity index (χ0) is 13.5. The van der Waals surface area contributed by atoms with Gasteiger partial charge in [-0.25, -0.2) is 4.79 Å². The summed E-state index contributed by atoms with van der Waals surface area (Å²) in [5, 5.41) is 9.00. The molecule has 1 rings (SSSR count). The van der Waals surface area contributed by atoms with Crippen molar-refractivity contribution in [3.05, 3.63) is 0 Å². The van der Waals surface area contributed by atoms with Gasteiger partial charge in [0.1, 0.15) is 0 Å². The van der Waals surface area contributed by atoms with E-state index in [1.165, 1.54) is 0 Å². The largest absolute Gasteiger partial charge is 0.479 e. The van der Waals surface area contributed by atoms with E-state index in [9.17, 15) is 4.79 Å². The molecule has 18 heavy (non-hydrogen) atoms. The molecule has 0 aromatic rings. The van der Waals surface area contributed by atoms with E-state index in [1.807, 2.05) is 6.92 Å². The lowest BCUT2D eigenvalue weighted by atomic mass is 10.2. The number of ether oxygens (including phenoxy) is 1. The summed E-state index contributed by atoms with van der Waals surface area (Å²) < 4.78 is 5.22. The highest BCUT2D eigenvalue weighted by Crippen LogP contribution is 2.08. The van der Waals surface area contributed by atoms with Gasteiger partial charge in [-0.3, -0.25) is 4.90 Å². The van der Waals surface area contributed by atoms with Gasteiger partial charge in [-0.15, -0.1) is 0 Å². The lowest BCUT2D eigenvalue weighted by Gasteiger charge is -2.37. The molecule has 0 radical (unpaired) electrons. The van der Waals surface area contributed by atoms with Gasteiger partial charge < -0.3 is 14.7 Å². The van der Waals surface area contributed by atoms with E-state index in [1.54, 1.807) is 0 Å². The Kier molecular flexibility index (Phi) is 6.60. The summed E-state index contributed by atoms with van der Waals surface area (Å²) in [5.74, 6) is -0.849. The molecule has 0 spiro atoms. The number of hydrogen-bond acceptors (Lipinski definition) is 4. The molecule has 1 atom stereocenters. The number of carboxylic acid groups (broad SMARTS) is 1. The maximum atomic E-state index is 11.0. The Hall–Kier alpha value is -0.650.